The SMILES string of the molecule is NC(=O)NCCC[C@@H](NC(=O)COc1ccc2c3c(c(=O)oc2c1)CCCC3)C(=O)[O-]. The van der Waals surface area contributed by atoms with Crippen molar-refractivity contribution in [3.63, 3.8) is 0 Å². The molecule has 0 radical (unpaired) electrons. The van der Waals surface area contributed by atoms with Crippen molar-refractivity contribution in [1.82, 2.24) is 10.6 Å². The van der Waals surface area contributed by atoms with Crippen LogP contribution in [0.5, 0.6) is 5.75 Å². The number of benzene rings is 1. The van der Waals surface area contributed by atoms with Crippen LogP contribution in [0.25, 0.3) is 11.0 Å². The lowest BCUT2D eigenvalue weighted by molar-refractivity contribution is -0.308. The second-order valence-electron chi connectivity index (χ2n) is 7.37. The Morgan fingerprint density at radius 2 is 1.94 bits per heavy atom. The summed E-state index contributed by atoms with van der Waals surface area (Å²) in [6.07, 6.45) is 3.86. The number of amides is 3. The Kier molecular flexibility index (Phi) is 7.11. The van der Waals surface area contributed by atoms with Crippen LogP contribution in [0, 0.1) is 0 Å². The first-order chi connectivity index (χ1) is 14.8. The molecule has 1 aliphatic carbocycles. The van der Waals surface area contributed by atoms with Crippen LogP contribution in [0.4, 0.5) is 4.79 Å². The summed E-state index contributed by atoms with van der Waals surface area (Å²) in [6, 6.07) is 3.08. The van der Waals surface area contributed by atoms with Crippen LogP contribution in [0.1, 0.15) is 36.8 Å². The second kappa shape index (κ2) is 9.96. The summed E-state index contributed by atoms with van der Waals surface area (Å²) >= 11 is 0. The predicted molar refractivity (Wildman–Crippen MR) is 108 cm³/mol. The Morgan fingerprint density at radius 3 is 2.65 bits per heavy atom. The van der Waals surface area contributed by atoms with Crippen molar-refractivity contribution in [2.24, 2.45) is 5.73 Å². The molecule has 166 valence electrons. The standard InChI is InChI=1S/C21H25N3O7/c22-21(29)23-9-3-6-16(19(26)27)24-18(25)11-30-12-7-8-14-13-4-1-2-5-15(13)20(28)31-17(14)10-12/h7-8,10,16H,1-6,9,11H2,(H,24,25)(H,26,27)(H3,22,23,29)/p-1/t16-/m1/s1. The Bertz CT molecular complexity index is 1050. The monoisotopic (exact) mass is 430 g/mol. The first-order valence-electron chi connectivity index (χ1n) is 10.1. The summed E-state index contributed by atoms with van der Waals surface area (Å²) < 4.78 is 10.9. The molecule has 0 aliphatic heterocycles. The summed E-state index contributed by atoms with van der Waals surface area (Å²) in [5.41, 5.74) is 6.70. The van der Waals surface area contributed by atoms with Crippen molar-refractivity contribution in [3.05, 3.63) is 39.7 Å². The maximum atomic E-state index is 12.2. The van der Waals surface area contributed by atoms with Gasteiger partial charge in [0.25, 0.3) is 5.91 Å². The van der Waals surface area contributed by atoms with E-state index in [1.807, 2.05) is 0 Å². The number of hydrogen-bond donors (Lipinski definition) is 3. The average molecular weight is 430 g/mol. The van der Waals surface area contributed by atoms with Gasteiger partial charge in [-0.3, -0.25) is 4.79 Å². The molecular formula is C21H24N3O7-. The number of carboxylic acids is 1. The normalized spacial score (nSPS) is 13.8. The number of hydrogen-bond acceptors (Lipinski definition) is 7. The molecule has 10 heteroatoms. The fraction of sp³-hybridized carbons (Fsp3) is 0.429. The number of primary amides is 1. The number of aryl methyl sites for hydroxylation is 1. The van der Waals surface area contributed by atoms with Crippen LogP contribution in [-0.2, 0) is 22.4 Å². The van der Waals surface area contributed by atoms with Crippen molar-refractivity contribution in [1.29, 1.82) is 0 Å². The van der Waals surface area contributed by atoms with Gasteiger partial charge in [0.1, 0.15) is 11.3 Å². The minimum atomic E-state index is -1.44. The zero-order chi connectivity index (χ0) is 22.4. The van der Waals surface area contributed by atoms with Crippen molar-refractivity contribution in [3.8, 4) is 5.75 Å². The highest BCUT2D eigenvalue weighted by atomic mass is 16.5. The van der Waals surface area contributed by atoms with Crippen LogP contribution in [0.15, 0.2) is 27.4 Å². The first-order valence-corrected chi connectivity index (χ1v) is 10.1. The van der Waals surface area contributed by atoms with Crippen molar-refractivity contribution in [2.45, 2.75) is 44.6 Å². The highest BCUT2D eigenvalue weighted by Crippen LogP contribution is 2.29. The predicted octanol–water partition coefficient (Wildman–Crippen LogP) is -0.266. The second-order valence-corrected chi connectivity index (χ2v) is 7.37. The van der Waals surface area contributed by atoms with E-state index in [-0.39, 0.29) is 25.0 Å². The summed E-state index contributed by atoms with van der Waals surface area (Å²) in [5, 5.41) is 16.7. The van der Waals surface area contributed by atoms with E-state index in [1.165, 1.54) is 0 Å². The molecule has 4 N–H and O–H groups in total. The summed E-state index contributed by atoms with van der Waals surface area (Å²) in [6.45, 7) is -0.249. The molecule has 0 saturated carbocycles. The van der Waals surface area contributed by atoms with Crippen molar-refractivity contribution in [2.75, 3.05) is 13.2 Å². The first kappa shape index (κ1) is 22.1. The highest BCUT2D eigenvalue weighted by Gasteiger charge is 2.19. The third-order valence-corrected chi connectivity index (χ3v) is 5.15. The molecule has 0 bridgehead atoms. The topological polar surface area (TPSA) is 164 Å². The lowest BCUT2D eigenvalue weighted by atomic mass is 9.91. The summed E-state index contributed by atoms with van der Waals surface area (Å²) in [7, 11) is 0. The van der Waals surface area contributed by atoms with E-state index in [2.05, 4.69) is 10.6 Å². The van der Waals surface area contributed by atoms with Crippen LogP contribution in [-0.4, -0.2) is 37.1 Å². The highest BCUT2D eigenvalue weighted by molar-refractivity contribution is 5.84. The van der Waals surface area contributed by atoms with Gasteiger partial charge in [-0.05, 0) is 56.2 Å². The zero-order valence-corrected chi connectivity index (χ0v) is 16.9. The van der Waals surface area contributed by atoms with E-state index in [0.29, 0.717) is 17.8 Å². The van der Waals surface area contributed by atoms with Gasteiger partial charge in [-0.15, -0.1) is 0 Å². The number of fused-ring (bicyclic) bond motifs is 3. The molecule has 0 saturated heterocycles. The van der Waals surface area contributed by atoms with Gasteiger partial charge in [0.05, 0.1) is 12.0 Å². The molecule has 0 unspecified atom stereocenters. The van der Waals surface area contributed by atoms with Crippen LogP contribution >= 0.6 is 0 Å². The lowest BCUT2D eigenvalue weighted by Crippen LogP contribution is -2.49. The number of ether oxygens (including phenoxy) is 1. The molecule has 10 nitrogen and oxygen atoms in total. The number of nitrogens with one attached hydrogen (secondary N) is 2. The third-order valence-electron chi connectivity index (χ3n) is 5.15. The maximum Gasteiger partial charge on any atom is 0.339 e. The van der Waals surface area contributed by atoms with E-state index >= 15 is 0 Å². The maximum absolute atomic E-state index is 12.2. The molecular weight excluding hydrogens is 406 g/mol. The lowest BCUT2D eigenvalue weighted by Gasteiger charge is -2.20. The van der Waals surface area contributed by atoms with Gasteiger partial charge in [-0.1, -0.05) is 0 Å². The quantitative estimate of drug-likeness (QED) is 0.364. The zero-order valence-electron chi connectivity index (χ0n) is 16.9. The smallest absolute Gasteiger partial charge is 0.339 e. The summed E-state index contributed by atoms with van der Waals surface area (Å²) in [5.74, 6) is -1.77. The molecule has 1 atom stereocenters. The number of urea groups is 1. The van der Waals surface area contributed by atoms with Gasteiger partial charge in [0, 0.05) is 23.6 Å². The fourth-order valence-corrected chi connectivity index (χ4v) is 3.67. The van der Waals surface area contributed by atoms with Crippen LogP contribution in [0.3, 0.4) is 0 Å². The number of rotatable bonds is 9. The number of carbonyl (C=O) groups excluding carboxylic acids is 3. The molecule has 1 heterocycles. The van der Waals surface area contributed by atoms with Gasteiger partial charge in [-0.25, -0.2) is 9.59 Å². The van der Waals surface area contributed by atoms with Gasteiger partial charge < -0.3 is 35.4 Å². The fourth-order valence-electron chi connectivity index (χ4n) is 3.67. The van der Waals surface area contributed by atoms with E-state index in [9.17, 15) is 24.3 Å². The van der Waals surface area contributed by atoms with Crippen LogP contribution in [0.2, 0.25) is 0 Å². The molecule has 1 aromatic heterocycles. The molecule has 1 aliphatic rings. The third kappa shape index (κ3) is 5.74. The van der Waals surface area contributed by atoms with Gasteiger partial charge in [0.2, 0.25) is 0 Å². The number of carboxylic acid groups (broad SMARTS) is 1. The average Bonchev–Trinajstić information content (AvgIpc) is 2.74. The van der Waals surface area contributed by atoms with Crippen LogP contribution < -0.4 is 31.8 Å². The Morgan fingerprint density at radius 1 is 1.19 bits per heavy atom. The van der Waals surface area contributed by atoms with Gasteiger partial charge in [0.15, 0.2) is 6.61 Å². The molecule has 1 aromatic carbocycles. The number of aliphatic carboxylic acids is 1. The van der Waals surface area contributed by atoms with Gasteiger partial charge >= 0.3 is 11.7 Å². The van der Waals surface area contributed by atoms with Gasteiger partial charge in [-0.2, -0.15) is 0 Å². The molecule has 3 amide bonds. The largest absolute Gasteiger partial charge is 0.548 e. The number of carbonyl (C=O) groups is 3. The Balaban J connectivity index is 1.59. The van der Waals surface area contributed by atoms with Crippen molar-refractivity contribution >= 4 is 28.9 Å². The van der Waals surface area contributed by atoms with Crippen molar-refractivity contribution < 1.29 is 28.6 Å². The number of nitrogens with two attached hydrogens (primary N) is 1. The minimum Gasteiger partial charge on any atom is -0.548 e. The molecule has 0 spiro atoms. The van der Waals surface area contributed by atoms with E-state index in [0.717, 1.165) is 35.8 Å². The molecule has 31 heavy (non-hydrogen) atoms. The van der Waals surface area contributed by atoms with E-state index in [1.54, 1.807) is 18.2 Å². The minimum absolute atomic E-state index is 0.0561. The Hall–Kier alpha value is -3.56. The van der Waals surface area contributed by atoms with E-state index < -0.39 is 30.6 Å². The van der Waals surface area contributed by atoms with E-state index in [4.69, 9.17) is 14.9 Å². The molecule has 0 fully saturated rings. The molecule has 2 aromatic rings. The molecule has 3 rings (SSSR count). The summed E-state index contributed by atoms with van der Waals surface area (Å²) in [4.78, 5) is 46.1. The Labute approximate surface area is 177 Å².